The molecule has 156 valence electrons. The average molecular weight is 404 g/mol. The summed E-state index contributed by atoms with van der Waals surface area (Å²) in [6.45, 7) is 10.2. The number of halogens is 1. The van der Waals surface area contributed by atoms with E-state index in [1.807, 2.05) is 6.92 Å². The van der Waals surface area contributed by atoms with Crippen LogP contribution in [0.3, 0.4) is 0 Å². The van der Waals surface area contributed by atoms with Crippen LogP contribution in [0.2, 0.25) is 0 Å². The Labute approximate surface area is 169 Å². The Morgan fingerprint density at radius 2 is 2.00 bits per heavy atom. The van der Waals surface area contributed by atoms with Crippen LogP contribution in [0.1, 0.15) is 39.7 Å². The van der Waals surface area contributed by atoms with Crippen molar-refractivity contribution in [3.05, 3.63) is 47.8 Å². The topological polar surface area (TPSA) is 78.9 Å². The molecule has 2 aliphatic rings. The van der Waals surface area contributed by atoms with Gasteiger partial charge in [-0.25, -0.2) is 9.18 Å². The van der Waals surface area contributed by atoms with Crippen molar-refractivity contribution in [1.29, 1.82) is 0 Å². The summed E-state index contributed by atoms with van der Waals surface area (Å²) < 4.78 is 30.1. The molecule has 6 nitrogen and oxygen atoms in total. The van der Waals surface area contributed by atoms with Gasteiger partial charge in [-0.05, 0) is 50.8 Å². The number of fused-ring (bicyclic) bond motifs is 2. The Balaban J connectivity index is 1.82. The maximum atomic E-state index is 13.6. The standard InChI is InChI=1S/C22H25FO6/c1-11(2)19(24)28-18-15-9-12(3)17(18)27-20(25)16(15)21(26)29-22(4,5)13-7-6-8-14(23)10-13/h6-8,10,12,15-18H,1,9H2,2-5H3. The van der Waals surface area contributed by atoms with Gasteiger partial charge in [0.2, 0.25) is 0 Å². The van der Waals surface area contributed by atoms with Gasteiger partial charge in [-0.2, -0.15) is 0 Å². The minimum Gasteiger partial charge on any atom is -0.457 e. The van der Waals surface area contributed by atoms with Gasteiger partial charge in [0.15, 0.2) is 5.92 Å². The quantitative estimate of drug-likeness (QED) is 0.324. The Hall–Kier alpha value is -2.70. The molecule has 0 radical (unpaired) electrons. The first-order valence-electron chi connectivity index (χ1n) is 9.57. The van der Waals surface area contributed by atoms with Crippen molar-refractivity contribution in [2.24, 2.45) is 17.8 Å². The fourth-order valence-corrected chi connectivity index (χ4v) is 4.04. The molecule has 5 unspecified atom stereocenters. The van der Waals surface area contributed by atoms with Gasteiger partial charge in [0, 0.05) is 11.5 Å². The molecule has 0 aromatic heterocycles. The van der Waals surface area contributed by atoms with Gasteiger partial charge in [-0.1, -0.05) is 25.6 Å². The molecule has 1 aliphatic carbocycles. The minimum atomic E-state index is -1.22. The van der Waals surface area contributed by atoms with Crippen molar-refractivity contribution < 1.29 is 33.0 Å². The van der Waals surface area contributed by atoms with Crippen molar-refractivity contribution in [1.82, 2.24) is 0 Å². The number of benzene rings is 1. The van der Waals surface area contributed by atoms with Gasteiger partial charge in [0.1, 0.15) is 23.6 Å². The van der Waals surface area contributed by atoms with Gasteiger partial charge in [0.05, 0.1) is 0 Å². The number of carbonyl (C=O) groups excluding carboxylic acids is 3. The van der Waals surface area contributed by atoms with Gasteiger partial charge >= 0.3 is 17.9 Å². The van der Waals surface area contributed by atoms with E-state index < -0.39 is 53.4 Å². The lowest BCUT2D eigenvalue weighted by atomic mass is 9.86. The summed E-state index contributed by atoms with van der Waals surface area (Å²) in [7, 11) is 0. The molecule has 3 rings (SSSR count). The van der Waals surface area contributed by atoms with E-state index in [2.05, 4.69) is 6.58 Å². The lowest BCUT2D eigenvalue weighted by molar-refractivity contribution is -0.195. The lowest BCUT2D eigenvalue weighted by Gasteiger charge is -2.35. The second-order valence-corrected chi connectivity index (χ2v) is 8.35. The van der Waals surface area contributed by atoms with Crippen LogP contribution in [0, 0.1) is 23.6 Å². The first-order valence-corrected chi connectivity index (χ1v) is 9.57. The van der Waals surface area contributed by atoms with Crippen LogP contribution in [-0.2, 0) is 34.2 Å². The molecule has 0 spiro atoms. The zero-order valence-corrected chi connectivity index (χ0v) is 16.9. The van der Waals surface area contributed by atoms with Crippen molar-refractivity contribution in [3.8, 4) is 0 Å². The molecule has 1 aliphatic heterocycles. The highest BCUT2D eigenvalue weighted by molar-refractivity contribution is 5.96. The molecule has 5 atom stereocenters. The number of hydrogen-bond acceptors (Lipinski definition) is 6. The third-order valence-corrected chi connectivity index (χ3v) is 5.61. The first kappa shape index (κ1) is 21.0. The Morgan fingerprint density at radius 3 is 2.62 bits per heavy atom. The summed E-state index contributed by atoms with van der Waals surface area (Å²) in [4.78, 5) is 37.5. The highest BCUT2D eigenvalue weighted by Gasteiger charge is 2.59. The Kier molecular flexibility index (Phi) is 5.52. The molecule has 2 bridgehead atoms. The number of rotatable bonds is 5. The predicted octanol–water partition coefficient (Wildman–Crippen LogP) is 3.29. The summed E-state index contributed by atoms with van der Waals surface area (Å²) in [5, 5.41) is 0. The molecule has 1 saturated heterocycles. The molecule has 2 fully saturated rings. The molecular weight excluding hydrogens is 379 g/mol. The molecule has 1 aromatic carbocycles. The van der Waals surface area contributed by atoms with E-state index in [0.29, 0.717) is 12.0 Å². The zero-order valence-electron chi connectivity index (χ0n) is 16.9. The Bertz CT molecular complexity index is 861. The van der Waals surface area contributed by atoms with E-state index in [-0.39, 0.29) is 11.5 Å². The molecule has 1 saturated carbocycles. The van der Waals surface area contributed by atoms with Gasteiger partial charge in [-0.3, -0.25) is 9.59 Å². The van der Waals surface area contributed by atoms with Crippen LogP contribution < -0.4 is 0 Å². The average Bonchev–Trinajstić information content (AvgIpc) is 2.82. The molecule has 7 heteroatoms. The summed E-state index contributed by atoms with van der Waals surface area (Å²) >= 11 is 0. The van der Waals surface area contributed by atoms with E-state index in [1.54, 1.807) is 19.9 Å². The SMILES string of the molecule is C=C(C)C(=O)OC1C2CC(C)C1OC(=O)C2C(=O)OC(C)(C)c1cccc(F)c1. The number of ether oxygens (including phenoxy) is 3. The number of carbonyl (C=O) groups is 3. The van der Waals surface area contributed by atoms with Crippen LogP contribution in [0.25, 0.3) is 0 Å². The van der Waals surface area contributed by atoms with E-state index in [0.717, 1.165) is 0 Å². The number of hydrogen-bond donors (Lipinski definition) is 0. The minimum absolute atomic E-state index is 0.0686. The molecule has 1 aromatic rings. The first-order chi connectivity index (χ1) is 13.5. The van der Waals surface area contributed by atoms with Gasteiger partial charge in [-0.15, -0.1) is 0 Å². The summed E-state index contributed by atoms with van der Waals surface area (Å²) in [5.74, 6) is -4.35. The maximum absolute atomic E-state index is 13.6. The molecular formula is C22H25FO6. The third kappa shape index (κ3) is 4.04. The third-order valence-electron chi connectivity index (χ3n) is 5.61. The molecule has 29 heavy (non-hydrogen) atoms. The van der Waals surface area contributed by atoms with Crippen molar-refractivity contribution >= 4 is 17.9 Å². The van der Waals surface area contributed by atoms with Crippen molar-refractivity contribution in [2.45, 2.75) is 51.9 Å². The van der Waals surface area contributed by atoms with E-state index >= 15 is 0 Å². The van der Waals surface area contributed by atoms with Crippen LogP contribution >= 0.6 is 0 Å². The fraction of sp³-hybridized carbons (Fsp3) is 0.500. The molecule has 0 amide bonds. The normalized spacial score (nSPS) is 28.4. The highest BCUT2D eigenvalue weighted by Crippen LogP contribution is 2.45. The lowest BCUT2D eigenvalue weighted by Crippen LogP contribution is -2.50. The molecule has 1 heterocycles. The van der Waals surface area contributed by atoms with Crippen LogP contribution in [0.4, 0.5) is 4.39 Å². The fourth-order valence-electron chi connectivity index (χ4n) is 4.04. The predicted molar refractivity (Wildman–Crippen MR) is 101 cm³/mol. The second kappa shape index (κ2) is 7.61. The van der Waals surface area contributed by atoms with Crippen LogP contribution in [-0.4, -0.2) is 30.1 Å². The van der Waals surface area contributed by atoms with Crippen molar-refractivity contribution in [2.75, 3.05) is 0 Å². The second-order valence-electron chi connectivity index (χ2n) is 8.35. The van der Waals surface area contributed by atoms with E-state index in [9.17, 15) is 18.8 Å². The van der Waals surface area contributed by atoms with E-state index in [1.165, 1.54) is 25.1 Å². The molecule has 0 N–H and O–H groups in total. The maximum Gasteiger partial charge on any atom is 0.333 e. The summed E-state index contributed by atoms with van der Waals surface area (Å²) in [5.41, 5.74) is -0.483. The van der Waals surface area contributed by atoms with Crippen molar-refractivity contribution in [3.63, 3.8) is 0 Å². The van der Waals surface area contributed by atoms with E-state index in [4.69, 9.17) is 14.2 Å². The number of esters is 3. The summed E-state index contributed by atoms with van der Waals surface area (Å²) in [6, 6.07) is 5.73. The van der Waals surface area contributed by atoms with Crippen LogP contribution in [0.5, 0.6) is 0 Å². The monoisotopic (exact) mass is 404 g/mol. The zero-order chi connectivity index (χ0) is 21.5. The van der Waals surface area contributed by atoms with Crippen LogP contribution in [0.15, 0.2) is 36.4 Å². The summed E-state index contributed by atoms with van der Waals surface area (Å²) in [6.07, 6.45) is -0.858. The highest BCUT2D eigenvalue weighted by atomic mass is 19.1. The Morgan fingerprint density at radius 1 is 1.31 bits per heavy atom. The van der Waals surface area contributed by atoms with Gasteiger partial charge in [0.25, 0.3) is 0 Å². The van der Waals surface area contributed by atoms with Gasteiger partial charge < -0.3 is 14.2 Å². The smallest absolute Gasteiger partial charge is 0.333 e. The largest absolute Gasteiger partial charge is 0.457 e.